The number of carbonyl (C=O) groups is 1. The van der Waals surface area contributed by atoms with Gasteiger partial charge in [-0.05, 0) is 36.4 Å². The minimum Gasteiger partial charge on any atom is -0.493 e. The van der Waals surface area contributed by atoms with Crippen LogP contribution in [0.15, 0.2) is 47.4 Å². The van der Waals surface area contributed by atoms with Gasteiger partial charge in [-0.15, -0.1) is 0 Å². The normalized spacial score (nSPS) is 11.2. The molecule has 7 nitrogen and oxygen atoms in total. The predicted molar refractivity (Wildman–Crippen MR) is 85.4 cm³/mol. The molecule has 0 unspecified atom stereocenters. The summed E-state index contributed by atoms with van der Waals surface area (Å²) in [6, 6.07) is 9.01. The molecule has 3 N–H and O–H groups in total. The quantitative estimate of drug-likeness (QED) is 0.808. The number of primary sulfonamides is 1. The van der Waals surface area contributed by atoms with E-state index >= 15 is 0 Å². The van der Waals surface area contributed by atoms with Gasteiger partial charge in [0.15, 0.2) is 11.5 Å². The van der Waals surface area contributed by atoms with E-state index in [2.05, 4.69) is 10.1 Å². The van der Waals surface area contributed by atoms with Gasteiger partial charge in [-0.25, -0.2) is 13.6 Å². The smallest absolute Gasteiger partial charge is 0.387 e. The Labute approximate surface area is 142 Å². The summed E-state index contributed by atoms with van der Waals surface area (Å²) in [6.07, 6.45) is 0. The average Bonchev–Trinajstić information content (AvgIpc) is 2.54. The van der Waals surface area contributed by atoms with Gasteiger partial charge in [0.1, 0.15) is 0 Å². The van der Waals surface area contributed by atoms with E-state index in [1.54, 1.807) is 0 Å². The van der Waals surface area contributed by atoms with Crippen LogP contribution in [0.1, 0.15) is 10.4 Å². The average molecular weight is 372 g/mol. The number of nitrogens with one attached hydrogen (secondary N) is 1. The molecule has 2 aromatic rings. The first kappa shape index (κ1) is 18.6. The van der Waals surface area contributed by atoms with Crippen LogP contribution in [-0.4, -0.2) is 28.0 Å². The summed E-state index contributed by atoms with van der Waals surface area (Å²) in [4.78, 5) is 12.1. The van der Waals surface area contributed by atoms with Crippen LogP contribution in [0.4, 0.5) is 14.5 Å². The molecule has 0 fully saturated rings. The second-order valence-electron chi connectivity index (χ2n) is 4.77. The lowest BCUT2D eigenvalue weighted by Crippen LogP contribution is -2.15. The van der Waals surface area contributed by atoms with Crippen molar-refractivity contribution in [3.05, 3.63) is 48.0 Å². The molecule has 0 bridgehead atoms. The fourth-order valence-electron chi connectivity index (χ4n) is 1.96. The number of benzene rings is 2. The topological polar surface area (TPSA) is 108 Å². The van der Waals surface area contributed by atoms with Crippen molar-refractivity contribution in [1.82, 2.24) is 0 Å². The van der Waals surface area contributed by atoms with Crippen molar-refractivity contribution in [3.8, 4) is 11.5 Å². The van der Waals surface area contributed by atoms with Crippen molar-refractivity contribution in [3.63, 3.8) is 0 Å². The highest BCUT2D eigenvalue weighted by atomic mass is 32.2. The number of hydrogen-bond acceptors (Lipinski definition) is 5. The first-order valence-corrected chi connectivity index (χ1v) is 8.32. The summed E-state index contributed by atoms with van der Waals surface area (Å²) in [5.41, 5.74) is 0.294. The first-order chi connectivity index (χ1) is 11.7. The molecule has 25 heavy (non-hydrogen) atoms. The highest BCUT2D eigenvalue weighted by molar-refractivity contribution is 7.89. The van der Waals surface area contributed by atoms with Crippen LogP contribution < -0.4 is 19.9 Å². The minimum atomic E-state index is -3.91. The van der Waals surface area contributed by atoms with E-state index in [9.17, 15) is 22.0 Å². The number of rotatable bonds is 6. The molecule has 0 heterocycles. The van der Waals surface area contributed by atoms with Crippen LogP contribution >= 0.6 is 0 Å². The number of methoxy groups -OCH3 is 1. The lowest BCUT2D eigenvalue weighted by molar-refractivity contribution is -0.0512. The summed E-state index contributed by atoms with van der Waals surface area (Å²) >= 11 is 0. The number of carbonyl (C=O) groups excluding carboxylic acids is 1. The van der Waals surface area contributed by atoms with Crippen molar-refractivity contribution in [1.29, 1.82) is 0 Å². The zero-order chi connectivity index (χ0) is 18.6. The summed E-state index contributed by atoms with van der Waals surface area (Å²) in [7, 11) is -2.67. The Morgan fingerprint density at radius 3 is 2.48 bits per heavy atom. The number of nitrogens with two attached hydrogens (primary N) is 1. The number of ether oxygens (including phenoxy) is 2. The molecule has 0 aliphatic rings. The molecule has 0 saturated carbocycles. The Bertz CT molecular complexity index is 887. The van der Waals surface area contributed by atoms with Gasteiger partial charge in [0.2, 0.25) is 10.0 Å². The van der Waals surface area contributed by atoms with Gasteiger partial charge in [0, 0.05) is 11.3 Å². The van der Waals surface area contributed by atoms with Crippen molar-refractivity contribution in [2.24, 2.45) is 5.14 Å². The van der Waals surface area contributed by atoms with E-state index in [1.165, 1.54) is 49.6 Å². The molecule has 134 valence electrons. The predicted octanol–water partition coefficient (Wildman–Crippen LogP) is 2.20. The molecule has 1 amide bonds. The third-order valence-electron chi connectivity index (χ3n) is 3.06. The monoisotopic (exact) mass is 372 g/mol. The fourth-order valence-corrected chi connectivity index (χ4v) is 2.52. The second kappa shape index (κ2) is 7.45. The number of anilines is 1. The molecular weight excluding hydrogens is 358 g/mol. The zero-order valence-corrected chi connectivity index (χ0v) is 13.7. The molecule has 0 atom stereocenters. The summed E-state index contributed by atoms with van der Waals surface area (Å²) in [5.74, 6) is -0.870. The maximum absolute atomic E-state index is 12.3. The molecule has 0 aliphatic heterocycles. The van der Waals surface area contributed by atoms with E-state index < -0.39 is 22.5 Å². The van der Waals surface area contributed by atoms with E-state index in [0.29, 0.717) is 0 Å². The standard InChI is InChI=1S/C15H14F2N2O5S/c1-23-13-7-9(5-6-12(13)24-15(16)17)14(20)19-10-3-2-4-11(8-10)25(18,21)22/h2-8,15H,1H3,(H,19,20)(H2,18,21,22). The molecule has 2 aromatic carbocycles. The number of hydrogen-bond donors (Lipinski definition) is 2. The van der Waals surface area contributed by atoms with Crippen LogP contribution in [0.2, 0.25) is 0 Å². The van der Waals surface area contributed by atoms with Gasteiger partial charge in [0.05, 0.1) is 12.0 Å². The highest BCUT2D eigenvalue weighted by Crippen LogP contribution is 2.29. The third-order valence-corrected chi connectivity index (χ3v) is 3.97. The maximum atomic E-state index is 12.3. The van der Waals surface area contributed by atoms with Crippen LogP contribution in [0.3, 0.4) is 0 Å². The lowest BCUT2D eigenvalue weighted by atomic mass is 10.2. The van der Waals surface area contributed by atoms with Crippen LogP contribution in [0.25, 0.3) is 0 Å². The van der Waals surface area contributed by atoms with Gasteiger partial charge in [-0.2, -0.15) is 8.78 Å². The van der Waals surface area contributed by atoms with E-state index in [0.717, 1.165) is 0 Å². The highest BCUT2D eigenvalue weighted by Gasteiger charge is 2.15. The molecule has 0 aliphatic carbocycles. The van der Waals surface area contributed by atoms with Gasteiger partial charge in [-0.1, -0.05) is 6.07 Å². The van der Waals surface area contributed by atoms with Crippen molar-refractivity contribution in [2.75, 3.05) is 12.4 Å². The van der Waals surface area contributed by atoms with Gasteiger partial charge in [0.25, 0.3) is 5.91 Å². The van der Waals surface area contributed by atoms with E-state index in [-0.39, 0.29) is 27.6 Å². The van der Waals surface area contributed by atoms with E-state index in [4.69, 9.17) is 9.88 Å². The Balaban J connectivity index is 2.24. The van der Waals surface area contributed by atoms with Gasteiger partial charge in [-0.3, -0.25) is 4.79 Å². The van der Waals surface area contributed by atoms with Gasteiger partial charge < -0.3 is 14.8 Å². The summed E-state index contributed by atoms with van der Waals surface area (Å²) in [6.45, 7) is -3.03. The van der Waals surface area contributed by atoms with Crippen LogP contribution in [-0.2, 0) is 10.0 Å². The summed E-state index contributed by atoms with van der Waals surface area (Å²) in [5, 5.41) is 7.51. The maximum Gasteiger partial charge on any atom is 0.387 e. The molecule has 0 saturated heterocycles. The lowest BCUT2D eigenvalue weighted by Gasteiger charge is -2.12. The SMILES string of the molecule is COc1cc(C(=O)Nc2cccc(S(N)(=O)=O)c2)ccc1OC(F)F. The molecular formula is C15H14F2N2O5S. The fraction of sp³-hybridized carbons (Fsp3) is 0.133. The van der Waals surface area contributed by atoms with Crippen molar-refractivity contribution >= 4 is 21.6 Å². The Kier molecular flexibility index (Phi) is 5.55. The number of amides is 1. The minimum absolute atomic E-state index is 0.0498. The Hall–Kier alpha value is -2.72. The van der Waals surface area contributed by atoms with Crippen LogP contribution in [0, 0.1) is 0 Å². The zero-order valence-electron chi connectivity index (χ0n) is 12.9. The largest absolute Gasteiger partial charge is 0.493 e. The molecule has 2 rings (SSSR count). The molecule has 0 spiro atoms. The first-order valence-electron chi connectivity index (χ1n) is 6.78. The summed E-state index contributed by atoms with van der Waals surface area (Å²) < 4.78 is 56.4. The third kappa shape index (κ3) is 4.88. The number of sulfonamides is 1. The van der Waals surface area contributed by atoms with Crippen LogP contribution in [0.5, 0.6) is 11.5 Å². The molecule has 0 aromatic heterocycles. The molecule has 0 radical (unpaired) electrons. The number of alkyl halides is 2. The second-order valence-corrected chi connectivity index (χ2v) is 6.33. The molecule has 10 heteroatoms. The number of halogens is 2. The van der Waals surface area contributed by atoms with Gasteiger partial charge >= 0.3 is 6.61 Å². The van der Waals surface area contributed by atoms with Crippen molar-refractivity contribution < 1.29 is 31.5 Å². The Morgan fingerprint density at radius 2 is 1.88 bits per heavy atom. The van der Waals surface area contributed by atoms with E-state index in [1.807, 2.05) is 0 Å². The Morgan fingerprint density at radius 1 is 1.16 bits per heavy atom. The van der Waals surface area contributed by atoms with Crippen molar-refractivity contribution in [2.45, 2.75) is 11.5 Å².